The van der Waals surface area contributed by atoms with Gasteiger partial charge in [0, 0.05) is 22.1 Å². The van der Waals surface area contributed by atoms with Crippen LogP contribution in [0, 0.1) is 5.41 Å². The average Bonchev–Trinajstić information content (AvgIpc) is 2.27. The molecule has 1 amide bonds. The summed E-state index contributed by atoms with van der Waals surface area (Å²) in [5.74, 6) is -0.172. The molecular weight excluding hydrogens is 316 g/mol. The Morgan fingerprint density at radius 1 is 1.50 bits per heavy atom. The maximum absolute atomic E-state index is 12.2. The zero-order valence-corrected chi connectivity index (χ0v) is 13.1. The molecule has 0 aliphatic heterocycles. The first-order valence-electron chi connectivity index (χ1n) is 5.71. The van der Waals surface area contributed by atoms with E-state index in [1.807, 2.05) is 20.8 Å². The molecule has 3 nitrogen and oxygen atoms in total. The average molecular weight is 334 g/mol. The van der Waals surface area contributed by atoms with E-state index in [0.717, 1.165) is 0 Å². The van der Waals surface area contributed by atoms with Crippen LogP contribution in [0.3, 0.4) is 0 Å². The molecule has 1 atom stereocenters. The highest BCUT2D eigenvalue weighted by Crippen LogP contribution is 2.23. The number of nitrogens with two attached hydrogens (primary N) is 1. The minimum absolute atomic E-state index is 0.0871. The van der Waals surface area contributed by atoms with Gasteiger partial charge in [0.25, 0.3) is 5.91 Å². The van der Waals surface area contributed by atoms with Crippen LogP contribution in [0.4, 0.5) is 0 Å². The standard InChI is InChI=1S/C13H18BrClN2O/c1-13(2,3)11(7-16)17-12(18)9-6-8(15)4-5-10(9)14/h4-6,11H,7,16H2,1-3H3,(H,17,18). The molecule has 1 aromatic rings. The third kappa shape index (κ3) is 3.97. The first kappa shape index (κ1) is 15.5. The quantitative estimate of drug-likeness (QED) is 0.892. The van der Waals surface area contributed by atoms with Gasteiger partial charge in [-0.05, 0) is 39.5 Å². The van der Waals surface area contributed by atoms with Crippen LogP contribution in [-0.4, -0.2) is 18.5 Å². The van der Waals surface area contributed by atoms with Crippen molar-refractivity contribution in [3.63, 3.8) is 0 Å². The maximum Gasteiger partial charge on any atom is 0.252 e. The maximum atomic E-state index is 12.2. The van der Waals surface area contributed by atoms with Gasteiger partial charge in [0.05, 0.1) is 5.56 Å². The van der Waals surface area contributed by atoms with Crippen molar-refractivity contribution in [3.8, 4) is 0 Å². The Labute approximate surface area is 121 Å². The Morgan fingerprint density at radius 2 is 2.11 bits per heavy atom. The number of benzene rings is 1. The molecule has 0 aromatic heterocycles. The Morgan fingerprint density at radius 3 is 2.61 bits per heavy atom. The summed E-state index contributed by atoms with van der Waals surface area (Å²) in [6, 6.07) is 5.03. The van der Waals surface area contributed by atoms with Gasteiger partial charge < -0.3 is 11.1 Å². The second-order valence-corrected chi connectivity index (χ2v) is 6.54. The van der Waals surface area contributed by atoms with Crippen molar-refractivity contribution in [2.75, 3.05) is 6.54 Å². The first-order valence-corrected chi connectivity index (χ1v) is 6.88. The molecule has 1 unspecified atom stereocenters. The highest BCUT2D eigenvalue weighted by Gasteiger charge is 2.25. The van der Waals surface area contributed by atoms with Gasteiger partial charge in [0.1, 0.15) is 0 Å². The molecule has 0 aliphatic rings. The van der Waals surface area contributed by atoms with Gasteiger partial charge in [-0.3, -0.25) is 4.79 Å². The van der Waals surface area contributed by atoms with Gasteiger partial charge in [-0.2, -0.15) is 0 Å². The molecule has 3 N–H and O–H groups in total. The number of rotatable bonds is 3. The third-order valence-corrected chi connectivity index (χ3v) is 3.69. The van der Waals surface area contributed by atoms with E-state index in [1.54, 1.807) is 18.2 Å². The van der Waals surface area contributed by atoms with E-state index in [2.05, 4.69) is 21.2 Å². The van der Waals surface area contributed by atoms with Crippen molar-refractivity contribution in [2.45, 2.75) is 26.8 Å². The summed E-state index contributed by atoms with van der Waals surface area (Å²) in [5, 5.41) is 3.47. The van der Waals surface area contributed by atoms with Gasteiger partial charge in [0.2, 0.25) is 0 Å². The monoisotopic (exact) mass is 332 g/mol. The molecule has 5 heteroatoms. The molecule has 1 rings (SSSR count). The number of carbonyl (C=O) groups is 1. The van der Waals surface area contributed by atoms with Crippen LogP contribution >= 0.6 is 27.5 Å². The lowest BCUT2D eigenvalue weighted by Crippen LogP contribution is -2.48. The molecule has 100 valence electrons. The molecular formula is C13H18BrClN2O. The molecule has 0 spiro atoms. The normalized spacial score (nSPS) is 13.2. The predicted molar refractivity (Wildman–Crippen MR) is 78.9 cm³/mol. The van der Waals surface area contributed by atoms with Crippen molar-refractivity contribution in [1.82, 2.24) is 5.32 Å². The number of hydrogen-bond donors (Lipinski definition) is 2. The Kier molecular flexibility index (Phi) is 5.20. The summed E-state index contributed by atoms with van der Waals surface area (Å²) < 4.78 is 0.717. The van der Waals surface area contributed by atoms with Crippen LogP contribution in [0.1, 0.15) is 31.1 Å². The largest absolute Gasteiger partial charge is 0.347 e. The van der Waals surface area contributed by atoms with E-state index < -0.39 is 0 Å². The number of hydrogen-bond acceptors (Lipinski definition) is 2. The SMILES string of the molecule is CC(C)(C)C(CN)NC(=O)c1cc(Cl)ccc1Br. The lowest BCUT2D eigenvalue weighted by Gasteiger charge is -2.30. The minimum atomic E-state index is -0.172. The number of carbonyl (C=O) groups excluding carboxylic acids is 1. The molecule has 18 heavy (non-hydrogen) atoms. The van der Waals surface area contributed by atoms with E-state index in [0.29, 0.717) is 21.6 Å². The fraction of sp³-hybridized carbons (Fsp3) is 0.462. The fourth-order valence-corrected chi connectivity index (χ4v) is 2.14. The molecule has 0 heterocycles. The topological polar surface area (TPSA) is 55.1 Å². The van der Waals surface area contributed by atoms with Crippen molar-refractivity contribution in [3.05, 3.63) is 33.3 Å². The lowest BCUT2D eigenvalue weighted by atomic mass is 9.86. The van der Waals surface area contributed by atoms with Crippen LogP contribution in [0.5, 0.6) is 0 Å². The number of amides is 1. The number of halogens is 2. The molecule has 0 radical (unpaired) electrons. The smallest absolute Gasteiger partial charge is 0.252 e. The minimum Gasteiger partial charge on any atom is -0.347 e. The van der Waals surface area contributed by atoms with E-state index >= 15 is 0 Å². The second kappa shape index (κ2) is 6.04. The Bertz CT molecular complexity index is 443. The van der Waals surface area contributed by atoms with Crippen LogP contribution in [0.2, 0.25) is 5.02 Å². The van der Waals surface area contributed by atoms with Crippen LogP contribution in [-0.2, 0) is 0 Å². The van der Waals surface area contributed by atoms with Gasteiger partial charge in [-0.15, -0.1) is 0 Å². The predicted octanol–water partition coefficient (Wildman–Crippen LogP) is 3.21. The van der Waals surface area contributed by atoms with Crippen LogP contribution < -0.4 is 11.1 Å². The van der Waals surface area contributed by atoms with Crippen LogP contribution in [0.25, 0.3) is 0 Å². The first-order chi connectivity index (χ1) is 8.25. The van der Waals surface area contributed by atoms with Crippen molar-refractivity contribution in [2.24, 2.45) is 11.1 Å². The summed E-state index contributed by atoms with van der Waals surface area (Å²) in [6.45, 7) is 6.51. The van der Waals surface area contributed by atoms with E-state index in [-0.39, 0.29) is 17.4 Å². The lowest BCUT2D eigenvalue weighted by molar-refractivity contribution is 0.0904. The molecule has 0 saturated carbocycles. The van der Waals surface area contributed by atoms with Crippen molar-refractivity contribution >= 4 is 33.4 Å². The van der Waals surface area contributed by atoms with Gasteiger partial charge >= 0.3 is 0 Å². The van der Waals surface area contributed by atoms with E-state index in [9.17, 15) is 4.79 Å². The zero-order chi connectivity index (χ0) is 13.9. The van der Waals surface area contributed by atoms with Crippen molar-refractivity contribution in [1.29, 1.82) is 0 Å². The van der Waals surface area contributed by atoms with Crippen LogP contribution in [0.15, 0.2) is 22.7 Å². The second-order valence-electron chi connectivity index (χ2n) is 5.25. The fourth-order valence-electron chi connectivity index (χ4n) is 1.54. The summed E-state index contributed by atoms with van der Waals surface area (Å²) in [4.78, 5) is 12.2. The highest BCUT2D eigenvalue weighted by molar-refractivity contribution is 9.10. The van der Waals surface area contributed by atoms with Gasteiger partial charge in [-0.1, -0.05) is 32.4 Å². The summed E-state index contributed by atoms with van der Waals surface area (Å²) >= 11 is 9.24. The summed E-state index contributed by atoms with van der Waals surface area (Å²) in [6.07, 6.45) is 0. The number of nitrogens with one attached hydrogen (secondary N) is 1. The summed E-state index contributed by atoms with van der Waals surface area (Å²) in [7, 11) is 0. The highest BCUT2D eigenvalue weighted by atomic mass is 79.9. The van der Waals surface area contributed by atoms with Gasteiger partial charge in [0.15, 0.2) is 0 Å². The molecule has 0 saturated heterocycles. The third-order valence-electron chi connectivity index (χ3n) is 2.76. The molecule has 0 aliphatic carbocycles. The van der Waals surface area contributed by atoms with E-state index in [1.165, 1.54) is 0 Å². The molecule has 0 fully saturated rings. The molecule has 1 aromatic carbocycles. The molecule has 0 bridgehead atoms. The van der Waals surface area contributed by atoms with Crippen molar-refractivity contribution < 1.29 is 4.79 Å². The van der Waals surface area contributed by atoms with E-state index in [4.69, 9.17) is 17.3 Å². The zero-order valence-electron chi connectivity index (χ0n) is 10.8. The Balaban J connectivity index is 2.91. The Hall–Kier alpha value is -0.580. The van der Waals surface area contributed by atoms with Gasteiger partial charge in [-0.25, -0.2) is 0 Å². The summed E-state index contributed by atoms with van der Waals surface area (Å²) in [5.41, 5.74) is 6.13.